The Hall–Kier alpha value is -2.43. The molecule has 154 valence electrons. The summed E-state index contributed by atoms with van der Waals surface area (Å²) in [5.74, 6) is 1.87. The first-order chi connectivity index (χ1) is 14.1. The fourth-order valence-electron chi connectivity index (χ4n) is 3.55. The molecule has 3 heterocycles. The third kappa shape index (κ3) is 4.29. The number of para-hydroxylation sites is 1. The van der Waals surface area contributed by atoms with E-state index < -0.39 is 11.2 Å². The van der Waals surface area contributed by atoms with E-state index in [0.717, 1.165) is 31.9 Å². The summed E-state index contributed by atoms with van der Waals surface area (Å²) in [5, 5.41) is 18.2. The number of hydrazine groups is 1. The number of alkyl halides is 1. The van der Waals surface area contributed by atoms with Crippen molar-refractivity contribution in [3.8, 4) is 0 Å². The van der Waals surface area contributed by atoms with E-state index in [0.29, 0.717) is 23.8 Å². The molecule has 1 aromatic carbocycles. The SMILES string of the molecule is O=[N+]([O-])c1ccc(N2CCNCC2)nc1N(c1ccccc1)N1CCSCC1F. The van der Waals surface area contributed by atoms with E-state index in [-0.39, 0.29) is 11.5 Å². The number of aromatic nitrogens is 1. The number of benzene rings is 1. The lowest BCUT2D eigenvalue weighted by molar-refractivity contribution is -0.384. The maximum atomic E-state index is 14.9. The predicted molar refractivity (Wildman–Crippen MR) is 113 cm³/mol. The highest BCUT2D eigenvalue weighted by Gasteiger charge is 2.34. The fraction of sp³-hybridized carbons (Fsp3) is 0.421. The second-order valence-electron chi connectivity index (χ2n) is 6.83. The van der Waals surface area contributed by atoms with Crippen LogP contribution >= 0.6 is 11.8 Å². The number of halogens is 1. The molecule has 0 saturated carbocycles. The summed E-state index contributed by atoms with van der Waals surface area (Å²) in [6, 6.07) is 12.3. The molecule has 4 rings (SSSR count). The molecule has 1 N–H and O–H groups in total. The minimum absolute atomic E-state index is 0.141. The Bertz CT molecular complexity index is 852. The van der Waals surface area contributed by atoms with Crippen molar-refractivity contribution in [3.05, 3.63) is 52.6 Å². The lowest BCUT2D eigenvalue weighted by atomic mass is 10.2. The first-order valence-corrected chi connectivity index (χ1v) is 10.8. The molecule has 0 spiro atoms. The second-order valence-corrected chi connectivity index (χ2v) is 7.98. The van der Waals surface area contributed by atoms with Crippen LogP contribution in [0.25, 0.3) is 0 Å². The topological polar surface area (TPSA) is 77.8 Å². The summed E-state index contributed by atoms with van der Waals surface area (Å²) in [6.45, 7) is 3.62. The Kier molecular flexibility index (Phi) is 6.12. The third-order valence-electron chi connectivity index (χ3n) is 4.98. The Morgan fingerprint density at radius 1 is 1.17 bits per heavy atom. The normalized spacial score (nSPS) is 20.4. The number of anilines is 3. The van der Waals surface area contributed by atoms with Gasteiger partial charge in [0.2, 0.25) is 5.82 Å². The number of piperazine rings is 1. The van der Waals surface area contributed by atoms with Gasteiger partial charge >= 0.3 is 5.69 Å². The second kappa shape index (κ2) is 8.93. The highest BCUT2D eigenvalue weighted by Crippen LogP contribution is 2.37. The molecule has 0 aliphatic carbocycles. The van der Waals surface area contributed by atoms with E-state index >= 15 is 0 Å². The Morgan fingerprint density at radius 3 is 2.62 bits per heavy atom. The maximum Gasteiger partial charge on any atom is 0.313 e. The van der Waals surface area contributed by atoms with Crippen LogP contribution in [0.15, 0.2) is 42.5 Å². The van der Waals surface area contributed by atoms with E-state index in [1.807, 2.05) is 30.3 Å². The summed E-state index contributed by atoms with van der Waals surface area (Å²) in [4.78, 5) is 18.1. The van der Waals surface area contributed by atoms with Crippen LogP contribution in [0, 0.1) is 10.1 Å². The van der Waals surface area contributed by atoms with Crippen LogP contribution < -0.4 is 15.2 Å². The molecule has 2 fully saturated rings. The van der Waals surface area contributed by atoms with Gasteiger partial charge < -0.3 is 10.2 Å². The Balaban J connectivity index is 1.82. The minimum Gasteiger partial charge on any atom is -0.354 e. The molecule has 1 unspecified atom stereocenters. The largest absolute Gasteiger partial charge is 0.354 e. The average Bonchev–Trinajstić information content (AvgIpc) is 2.76. The minimum atomic E-state index is -1.25. The first-order valence-electron chi connectivity index (χ1n) is 9.60. The van der Waals surface area contributed by atoms with E-state index in [1.54, 1.807) is 16.1 Å². The number of pyridine rings is 1. The summed E-state index contributed by atoms with van der Waals surface area (Å²) in [6.07, 6.45) is -1.25. The number of thioether (sulfide) groups is 1. The van der Waals surface area contributed by atoms with E-state index in [2.05, 4.69) is 15.2 Å². The summed E-state index contributed by atoms with van der Waals surface area (Å²) < 4.78 is 14.9. The fourth-order valence-corrected chi connectivity index (χ4v) is 4.40. The average molecular weight is 418 g/mol. The third-order valence-corrected chi connectivity index (χ3v) is 5.96. The first kappa shape index (κ1) is 19.9. The molecule has 0 amide bonds. The summed E-state index contributed by atoms with van der Waals surface area (Å²) >= 11 is 1.54. The van der Waals surface area contributed by atoms with Gasteiger partial charge in [-0.1, -0.05) is 18.2 Å². The van der Waals surface area contributed by atoms with Crippen LogP contribution in [0.3, 0.4) is 0 Å². The summed E-state index contributed by atoms with van der Waals surface area (Å²) in [7, 11) is 0. The van der Waals surface area contributed by atoms with Crippen molar-refractivity contribution in [2.75, 3.05) is 54.1 Å². The van der Waals surface area contributed by atoms with Gasteiger partial charge in [0.1, 0.15) is 5.82 Å². The molecule has 1 atom stereocenters. The molecule has 29 heavy (non-hydrogen) atoms. The number of hydrogen-bond acceptors (Lipinski definition) is 8. The van der Waals surface area contributed by atoms with Crippen LogP contribution in [0.2, 0.25) is 0 Å². The number of nitrogens with zero attached hydrogens (tertiary/aromatic N) is 5. The number of rotatable bonds is 5. The Labute approximate surface area is 172 Å². The van der Waals surface area contributed by atoms with Gasteiger partial charge in [-0.3, -0.25) is 10.1 Å². The van der Waals surface area contributed by atoms with Gasteiger partial charge in [0, 0.05) is 50.3 Å². The van der Waals surface area contributed by atoms with Crippen molar-refractivity contribution in [2.24, 2.45) is 0 Å². The van der Waals surface area contributed by atoms with E-state index in [9.17, 15) is 14.5 Å². The predicted octanol–water partition coefficient (Wildman–Crippen LogP) is 2.80. The molecule has 2 aliphatic rings. The number of nitrogens with one attached hydrogen (secondary N) is 1. The Morgan fingerprint density at radius 2 is 1.93 bits per heavy atom. The molecule has 8 nitrogen and oxygen atoms in total. The van der Waals surface area contributed by atoms with Gasteiger partial charge in [-0.25, -0.2) is 14.4 Å². The van der Waals surface area contributed by atoms with E-state index in [1.165, 1.54) is 17.8 Å². The zero-order valence-electron chi connectivity index (χ0n) is 15.9. The van der Waals surface area contributed by atoms with Crippen LogP contribution in [0.5, 0.6) is 0 Å². The highest BCUT2D eigenvalue weighted by atomic mass is 32.2. The van der Waals surface area contributed by atoms with Gasteiger partial charge in [0.05, 0.1) is 10.6 Å². The van der Waals surface area contributed by atoms with Crippen LogP contribution in [0.4, 0.5) is 27.4 Å². The van der Waals surface area contributed by atoms with Gasteiger partial charge in [-0.2, -0.15) is 16.8 Å². The molecule has 1 aromatic heterocycles. The molecule has 0 radical (unpaired) electrons. The van der Waals surface area contributed by atoms with Crippen molar-refractivity contribution < 1.29 is 9.31 Å². The molecular weight excluding hydrogens is 395 g/mol. The van der Waals surface area contributed by atoms with Gasteiger partial charge in [0.25, 0.3) is 0 Å². The molecule has 2 aromatic rings. The highest BCUT2D eigenvalue weighted by molar-refractivity contribution is 7.99. The zero-order chi connectivity index (χ0) is 20.2. The lowest BCUT2D eigenvalue weighted by Crippen LogP contribution is -2.50. The molecule has 2 aliphatic heterocycles. The number of hydrogen-bond donors (Lipinski definition) is 1. The lowest BCUT2D eigenvalue weighted by Gasteiger charge is -2.40. The molecule has 2 saturated heterocycles. The summed E-state index contributed by atoms with van der Waals surface area (Å²) in [5.41, 5.74) is 0.508. The standard InChI is InChI=1S/C19H23FN6O2S/c20-17-14-29-13-12-24(17)25(15-4-2-1-3-5-15)19-16(26(27)28)6-7-18(22-19)23-10-8-21-9-11-23/h1-7,17,21H,8-14H2. The van der Waals surface area contributed by atoms with Crippen molar-refractivity contribution in [1.82, 2.24) is 15.3 Å². The van der Waals surface area contributed by atoms with Crippen molar-refractivity contribution >= 4 is 34.8 Å². The van der Waals surface area contributed by atoms with Gasteiger partial charge in [-0.15, -0.1) is 0 Å². The molecule has 10 heteroatoms. The molecule has 0 bridgehead atoms. The van der Waals surface area contributed by atoms with Crippen LogP contribution in [0.1, 0.15) is 0 Å². The zero-order valence-corrected chi connectivity index (χ0v) is 16.7. The van der Waals surface area contributed by atoms with Crippen molar-refractivity contribution in [3.63, 3.8) is 0 Å². The quantitative estimate of drug-likeness (QED) is 0.451. The van der Waals surface area contributed by atoms with Crippen LogP contribution in [-0.2, 0) is 0 Å². The maximum absolute atomic E-state index is 14.9. The molecular formula is C19H23FN6O2S. The van der Waals surface area contributed by atoms with Gasteiger partial charge in [-0.05, 0) is 18.2 Å². The monoisotopic (exact) mass is 418 g/mol. The number of nitro groups is 1. The van der Waals surface area contributed by atoms with Crippen molar-refractivity contribution in [2.45, 2.75) is 6.30 Å². The van der Waals surface area contributed by atoms with Crippen LogP contribution in [-0.4, -0.2) is 65.4 Å². The van der Waals surface area contributed by atoms with Crippen molar-refractivity contribution in [1.29, 1.82) is 0 Å². The van der Waals surface area contributed by atoms with E-state index in [4.69, 9.17) is 0 Å². The van der Waals surface area contributed by atoms with Gasteiger partial charge in [0.15, 0.2) is 6.30 Å². The smallest absolute Gasteiger partial charge is 0.313 e.